The Morgan fingerprint density at radius 2 is 1.53 bits per heavy atom. The number of amides is 1. The third kappa shape index (κ3) is 3.99. The number of nitrogens with zero attached hydrogens (tertiary/aromatic N) is 2. The van der Waals surface area contributed by atoms with Gasteiger partial charge in [0.2, 0.25) is 9.84 Å². The Balaban J connectivity index is 1.88. The zero-order chi connectivity index (χ0) is 24.6. The van der Waals surface area contributed by atoms with Crippen molar-refractivity contribution in [2.75, 3.05) is 12.4 Å². The Bertz CT molecular complexity index is 1550. The lowest BCUT2D eigenvalue weighted by Gasteiger charge is -2.14. The largest absolute Gasteiger partial charge is 0.497 e. The molecule has 8 nitrogen and oxygen atoms in total. The number of ether oxygens (including phenoxy) is 1. The van der Waals surface area contributed by atoms with Crippen LogP contribution in [0, 0.1) is 0 Å². The Labute approximate surface area is 197 Å². The predicted octanol–water partition coefficient (Wildman–Crippen LogP) is 3.53. The summed E-state index contributed by atoms with van der Waals surface area (Å²) in [4.78, 5) is 25.4. The van der Waals surface area contributed by atoms with E-state index in [0.29, 0.717) is 22.3 Å². The molecule has 34 heavy (non-hydrogen) atoms. The number of imidazole rings is 1. The summed E-state index contributed by atoms with van der Waals surface area (Å²) in [6.45, 7) is 2.02. The van der Waals surface area contributed by atoms with Crippen LogP contribution >= 0.6 is 0 Å². The van der Waals surface area contributed by atoms with Crippen molar-refractivity contribution in [3.63, 3.8) is 0 Å². The molecule has 3 aromatic carbocycles. The van der Waals surface area contributed by atoms with E-state index in [1.54, 1.807) is 38.4 Å². The van der Waals surface area contributed by atoms with Crippen molar-refractivity contribution < 1.29 is 17.9 Å². The van der Waals surface area contributed by atoms with Crippen molar-refractivity contribution in [3.05, 3.63) is 82.3 Å². The van der Waals surface area contributed by atoms with Gasteiger partial charge in [0.15, 0.2) is 0 Å². The van der Waals surface area contributed by atoms with Crippen LogP contribution in [0.3, 0.4) is 0 Å². The van der Waals surface area contributed by atoms with Crippen LogP contribution < -0.4 is 15.7 Å². The molecule has 176 valence electrons. The highest BCUT2D eigenvalue weighted by Crippen LogP contribution is 2.32. The fourth-order valence-electron chi connectivity index (χ4n) is 3.81. The number of hydrogen-bond donors (Lipinski definition) is 1. The lowest BCUT2D eigenvalue weighted by atomic mass is 10.1. The summed E-state index contributed by atoms with van der Waals surface area (Å²) in [6, 6.07) is 16.0. The monoisotopic (exact) mass is 479 g/mol. The van der Waals surface area contributed by atoms with E-state index in [-0.39, 0.29) is 21.2 Å². The first-order valence-corrected chi connectivity index (χ1v) is 12.1. The maximum Gasteiger partial charge on any atom is 0.328 e. The number of aromatic nitrogens is 2. The van der Waals surface area contributed by atoms with E-state index < -0.39 is 15.7 Å². The molecule has 0 saturated heterocycles. The van der Waals surface area contributed by atoms with Gasteiger partial charge in [-0.25, -0.2) is 13.2 Å². The number of anilines is 1. The van der Waals surface area contributed by atoms with Gasteiger partial charge < -0.3 is 10.1 Å². The third-order valence-electron chi connectivity index (χ3n) is 5.91. The lowest BCUT2D eigenvalue weighted by Crippen LogP contribution is -2.19. The number of sulfone groups is 1. The van der Waals surface area contributed by atoms with Crippen molar-refractivity contribution >= 4 is 32.5 Å². The normalized spacial score (nSPS) is 11.5. The van der Waals surface area contributed by atoms with Crippen LogP contribution in [-0.2, 0) is 30.4 Å². The number of methoxy groups -OCH3 is 1. The topological polar surface area (TPSA) is 99.4 Å². The summed E-state index contributed by atoms with van der Waals surface area (Å²) < 4.78 is 35.1. The summed E-state index contributed by atoms with van der Waals surface area (Å²) >= 11 is 0. The summed E-state index contributed by atoms with van der Waals surface area (Å²) in [5.74, 6) is 0.0676. The van der Waals surface area contributed by atoms with Gasteiger partial charge in [0, 0.05) is 19.7 Å². The number of rotatable bonds is 6. The minimum absolute atomic E-state index is 0.0383. The first-order valence-electron chi connectivity index (χ1n) is 10.7. The van der Waals surface area contributed by atoms with Gasteiger partial charge in [-0.1, -0.05) is 19.1 Å². The van der Waals surface area contributed by atoms with Gasteiger partial charge in [-0.05, 0) is 60.5 Å². The van der Waals surface area contributed by atoms with Crippen LogP contribution in [0.5, 0.6) is 5.75 Å². The highest BCUT2D eigenvalue weighted by atomic mass is 32.2. The van der Waals surface area contributed by atoms with Gasteiger partial charge in [0.05, 0.1) is 33.6 Å². The van der Waals surface area contributed by atoms with Gasteiger partial charge in [0.1, 0.15) is 5.75 Å². The van der Waals surface area contributed by atoms with Crippen LogP contribution in [0.1, 0.15) is 22.8 Å². The molecular formula is C25H25N3O5S. The van der Waals surface area contributed by atoms with E-state index in [4.69, 9.17) is 4.74 Å². The molecule has 0 atom stereocenters. The second-order valence-corrected chi connectivity index (χ2v) is 9.84. The van der Waals surface area contributed by atoms with Crippen LogP contribution in [0.2, 0.25) is 0 Å². The van der Waals surface area contributed by atoms with Crippen molar-refractivity contribution in [1.82, 2.24) is 9.13 Å². The van der Waals surface area contributed by atoms with Gasteiger partial charge in [-0.3, -0.25) is 13.9 Å². The highest BCUT2D eigenvalue weighted by molar-refractivity contribution is 7.91. The number of aryl methyl sites for hydroxylation is 3. The first-order chi connectivity index (χ1) is 16.2. The number of hydrogen-bond acceptors (Lipinski definition) is 5. The van der Waals surface area contributed by atoms with E-state index in [0.717, 1.165) is 12.0 Å². The third-order valence-corrected chi connectivity index (χ3v) is 7.71. The predicted molar refractivity (Wildman–Crippen MR) is 130 cm³/mol. The highest BCUT2D eigenvalue weighted by Gasteiger charge is 2.25. The van der Waals surface area contributed by atoms with E-state index in [9.17, 15) is 18.0 Å². The van der Waals surface area contributed by atoms with Crippen LogP contribution in [0.15, 0.2) is 75.2 Å². The number of carbonyl (C=O) groups excluding carboxylic acids is 1. The van der Waals surface area contributed by atoms with E-state index >= 15 is 0 Å². The van der Waals surface area contributed by atoms with E-state index in [1.165, 1.54) is 40.5 Å². The Kier molecular flexibility index (Phi) is 6.05. The smallest absolute Gasteiger partial charge is 0.328 e. The summed E-state index contributed by atoms with van der Waals surface area (Å²) in [6.07, 6.45) is 0.838. The molecule has 0 bridgehead atoms. The SMILES string of the molecule is CCc1ccc(C(=O)Nc2cc3c(cc2S(=O)(=O)c2ccc(OC)cc2)n(C)c(=O)n3C)cc1. The molecule has 1 amide bonds. The average Bonchev–Trinajstić information content (AvgIpc) is 3.06. The molecule has 0 aliphatic carbocycles. The molecule has 0 aliphatic rings. The standard InChI is InChI=1S/C25H25N3O5S/c1-5-16-6-8-17(9-7-16)24(29)26-20-14-21-22(28(3)25(30)27(21)2)15-23(20)34(31,32)19-12-10-18(33-4)11-13-19/h6-15H,5H2,1-4H3,(H,26,29). The molecule has 0 spiro atoms. The average molecular weight is 480 g/mol. The molecule has 4 aromatic rings. The maximum absolute atomic E-state index is 13.6. The Hall–Kier alpha value is -3.85. The van der Waals surface area contributed by atoms with E-state index in [2.05, 4.69) is 5.32 Å². The van der Waals surface area contributed by atoms with Crippen LogP contribution in [0.25, 0.3) is 11.0 Å². The van der Waals surface area contributed by atoms with Crippen molar-refractivity contribution in [1.29, 1.82) is 0 Å². The van der Waals surface area contributed by atoms with Gasteiger partial charge in [0.25, 0.3) is 5.91 Å². The molecule has 0 radical (unpaired) electrons. The maximum atomic E-state index is 13.6. The molecular weight excluding hydrogens is 454 g/mol. The minimum Gasteiger partial charge on any atom is -0.497 e. The van der Waals surface area contributed by atoms with Crippen molar-refractivity contribution in [2.45, 2.75) is 23.1 Å². The zero-order valence-corrected chi connectivity index (χ0v) is 20.1. The quantitative estimate of drug-likeness (QED) is 0.456. The Morgan fingerprint density at radius 3 is 2.09 bits per heavy atom. The molecule has 0 unspecified atom stereocenters. The molecule has 9 heteroatoms. The van der Waals surface area contributed by atoms with Gasteiger partial charge in [-0.2, -0.15) is 0 Å². The van der Waals surface area contributed by atoms with Crippen LogP contribution in [0.4, 0.5) is 5.69 Å². The number of benzene rings is 3. The number of carbonyl (C=O) groups is 1. The molecule has 1 N–H and O–H groups in total. The second-order valence-electron chi connectivity index (χ2n) is 7.92. The second kappa shape index (κ2) is 8.83. The van der Waals surface area contributed by atoms with Crippen molar-refractivity contribution in [2.24, 2.45) is 14.1 Å². The van der Waals surface area contributed by atoms with Gasteiger partial charge >= 0.3 is 5.69 Å². The van der Waals surface area contributed by atoms with E-state index in [1.807, 2.05) is 19.1 Å². The molecule has 1 aromatic heterocycles. The van der Waals surface area contributed by atoms with Gasteiger partial charge in [-0.15, -0.1) is 0 Å². The summed E-state index contributed by atoms with van der Waals surface area (Å²) in [5.41, 5.74) is 2.20. The van der Waals surface area contributed by atoms with Crippen LogP contribution in [-0.4, -0.2) is 30.6 Å². The molecule has 0 saturated carbocycles. The summed E-state index contributed by atoms with van der Waals surface area (Å²) in [5, 5.41) is 2.74. The van der Waals surface area contributed by atoms with Crippen molar-refractivity contribution in [3.8, 4) is 5.75 Å². The zero-order valence-electron chi connectivity index (χ0n) is 19.3. The molecule has 0 aliphatic heterocycles. The Morgan fingerprint density at radius 1 is 0.941 bits per heavy atom. The molecule has 1 heterocycles. The summed E-state index contributed by atoms with van der Waals surface area (Å²) in [7, 11) is 0.620. The first kappa shape index (κ1) is 23.3. The number of fused-ring (bicyclic) bond motifs is 1. The fourth-order valence-corrected chi connectivity index (χ4v) is 5.23. The molecule has 4 rings (SSSR count). The fraction of sp³-hybridized carbons (Fsp3) is 0.200. The lowest BCUT2D eigenvalue weighted by molar-refractivity contribution is 0.102. The molecule has 0 fully saturated rings. The minimum atomic E-state index is -4.04. The number of nitrogens with one attached hydrogen (secondary N) is 1.